The molecule has 8 nitrogen and oxygen atoms in total. The first kappa shape index (κ1) is 46.2. The number of halogens is 2. The lowest BCUT2D eigenvalue weighted by molar-refractivity contribution is -0.147. The lowest BCUT2D eigenvalue weighted by atomic mass is 9.73. The Morgan fingerprint density at radius 2 is 1.32 bits per heavy atom. The molecule has 0 unspecified atom stereocenters. The molecule has 0 amide bonds. The number of aromatic amines is 1. The van der Waals surface area contributed by atoms with Crippen LogP contribution in [0, 0.1) is 10.8 Å². The molecule has 2 saturated carbocycles. The molecule has 4 aromatic rings. The van der Waals surface area contributed by atoms with Gasteiger partial charge in [0.1, 0.15) is 0 Å². The van der Waals surface area contributed by atoms with Crippen LogP contribution in [0.25, 0.3) is 0 Å². The molecule has 0 bridgehead atoms. The zero-order valence-corrected chi connectivity index (χ0v) is 38.0. The van der Waals surface area contributed by atoms with Gasteiger partial charge in [0.05, 0.1) is 37.5 Å². The molecule has 0 radical (unpaired) electrons. The van der Waals surface area contributed by atoms with Crippen LogP contribution in [0.5, 0.6) is 0 Å². The molecule has 2 fully saturated rings. The summed E-state index contributed by atoms with van der Waals surface area (Å²) in [5, 5.41) is 21.1. The van der Waals surface area contributed by atoms with E-state index in [0.717, 1.165) is 58.6 Å². The summed E-state index contributed by atoms with van der Waals surface area (Å²) in [5.41, 5.74) is 3.75. The zero-order chi connectivity index (χ0) is 41.1. The minimum Gasteiger partial charge on any atom is -0.481 e. The van der Waals surface area contributed by atoms with Crippen molar-refractivity contribution in [1.29, 1.82) is 0 Å². The van der Waals surface area contributed by atoms with Gasteiger partial charge >= 0.3 is 5.97 Å². The Balaban J connectivity index is 0.000000216. The normalized spacial score (nSPS) is 16.7. The van der Waals surface area contributed by atoms with E-state index >= 15 is 0 Å². The van der Waals surface area contributed by atoms with Crippen LogP contribution in [0.3, 0.4) is 0 Å². The molecule has 4 heterocycles. The van der Waals surface area contributed by atoms with Crippen molar-refractivity contribution in [3.8, 4) is 0 Å². The number of carboxylic acid groups (broad SMARTS) is 1. The van der Waals surface area contributed by atoms with Crippen LogP contribution in [-0.2, 0) is 46.0 Å². The Labute approximate surface area is 353 Å². The van der Waals surface area contributed by atoms with Crippen molar-refractivity contribution < 1.29 is 19.4 Å². The second-order valence-corrected chi connectivity index (χ2v) is 21.1. The summed E-state index contributed by atoms with van der Waals surface area (Å²) in [6.07, 6.45) is 17.0. The number of aryl methyl sites for hydroxylation is 4. The third-order valence-corrected chi connectivity index (χ3v) is 14.4. The predicted octanol–water partition coefficient (Wildman–Crippen LogP) is 12.6. The molecule has 0 aliphatic heterocycles. The molecule has 56 heavy (non-hydrogen) atoms. The van der Waals surface area contributed by atoms with Gasteiger partial charge in [0.25, 0.3) is 5.91 Å². The molecule has 12 heteroatoms. The van der Waals surface area contributed by atoms with Gasteiger partial charge in [-0.3, -0.25) is 14.7 Å². The Hall–Kier alpha value is -2.50. The maximum absolute atomic E-state index is 13.3. The van der Waals surface area contributed by atoms with E-state index in [9.17, 15) is 9.59 Å². The van der Waals surface area contributed by atoms with Crippen LogP contribution < -0.4 is 0 Å². The molecular formula is C44H64Cl2N4O4S2. The summed E-state index contributed by atoms with van der Waals surface area (Å²) >= 11 is 15.3. The Kier molecular flexibility index (Phi) is 16.9. The number of aliphatic carboxylic acids is 1. The van der Waals surface area contributed by atoms with Crippen LogP contribution in [0.2, 0.25) is 8.67 Å². The Morgan fingerprint density at radius 3 is 1.77 bits per heavy atom. The number of nitrogens with one attached hydrogen (secondary N) is 1. The monoisotopic (exact) mass is 846 g/mol. The quantitative estimate of drug-likeness (QED) is 0.139. The van der Waals surface area contributed by atoms with Crippen molar-refractivity contribution in [2.75, 3.05) is 13.7 Å². The first-order valence-corrected chi connectivity index (χ1v) is 22.7. The Morgan fingerprint density at radius 1 is 0.804 bits per heavy atom. The molecule has 4 aromatic heterocycles. The van der Waals surface area contributed by atoms with Gasteiger partial charge in [-0.05, 0) is 122 Å². The van der Waals surface area contributed by atoms with E-state index in [1.807, 2.05) is 32.9 Å². The van der Waals surface area contributed by atoms with E-state index < -0.39 is 16.8 Å². The molecule has 2 aliphatic carbocycles. The number of H-pyrrole nitrogens is 1. The number of carbonyl (C=O) groups is 2. The number of carbonyl (C=O) groups excluding carboxylic acids is 1. The van der Waals surface area contributed by atoms with Crippen LogP contribution in [0.15, 0.2) is 36.4 Å². The van der Waals surface area contributed by atoms with Crippen LogP contribution in [0.4, 0.5) is 0 Å². The minimum absolute atomic E-state index is 0.000721. The number of hydrogen-bond acceptors (Lipinski definition) is 7. The predicted molar refractivity (Wildman–Crippen MR) is 233 cm³/mol. The van der Waals surface area contributed by atoms with Crippen molar-refractivity contribution in [2.24, 2.45) is 10.8 Å². The topological polar surface area (TPSA) is 110 Å². The molecule has 0 aromatic carbocycles. The molecule has 0 atom stereocenters. The second-order valence-electron chi connectivity index (χ2n) is 17.5. The highest BCUT2D eigenvalue weighted by atomic mass is 35.5. The van der Waals surface area contributed by atoms with Crippen molar-refractivity contribution in [3.63, 3.8) is 0 Å². The van der Waals surface area contributed by atoms with Crippen molar-refractivity contribution >= 4 is 57.8 Å². The van der Waals surface area contributed by atoms with Crippen LogP contribution in [0.1, 0.15) is 156 Å². The van der Waals surface area contributed by atoms with E-state index in [1.165, 1.54) is 72.5 Å². The maximum Gasteiger partial charge on any atom is 0.309 e. The number of methoxy groups -OCH3 is 1. The lowest BCUT2D eigenvalue weighted by Gasteiger charge is -2.31. The summed E-state index contributed by atoms with van der Waals surface area (Å²) in [6.45, 7) is 14.2. The first-order valence-electron chi connectivity index (χ1n) is 20.3. The summed E-state index contributed by atoms with van der Waals surface area (Å²) in [7, 11) is 1.63. The number of hydrogen-bond donors (Lipinski definition) is 2. The van der Waals surface area contributed by atoms with Crippen LogP contribution >= 0.6 is 45.9 Å². The smallest absolute Gasteiger partial charge is 0.309 e. The van der Waals surface area contributed by atoms with E-state index in [2.05, 4.69) is 48.3 Å². The van der Waals surface area contributed by atoms with Gasteiger partial charge in [0.15, 0.2) is 0 Å². The molecule has 0 spiro atoms. The van der Waals surface area contributed by atoms with Gasteiger partial charge in [-0.25, -0.2) is 4.68 Å². The molecular weight excluding hydrogens is 784 g/mol. The largest absolute Gasteiger partial charge is 0.481 e. The van der Waals surface area contributed by atoms with Gasteiger partial charge in [-0.15, -0.1) is 22.7 Å². The van der Waals surface area contributed by atoms with Crippen LogP contribution in [-0.4, -0.2) is 50.7 Å². The van der Waals surface area contributed by atoms with E-state index in [0.29, 0.717) is 18.4 Å². The highest BCUT2D eigenvalue weighted by Gasteiger charge is 2.36. The highest BCUT2D eigenvalue weighted by Crippen LogP contribution is 2.40. The Bertz CT molecular complexity index is 1840. The van der Waals surface area contributed by atoms with Gasteiger partial charge < -0.3 is 9.84 Å². The van der Waals surface area contributed by atoms with Crippen molar-refractivity contribution in [1.82, 2.24) is 20.0 Å². The van der Waals surface area contributed by atoms with E-state index in [4.69, 9.17) is 38.1 Å². The summed E-state index contributed by atoms with van der Waals surface area (Å²) in [4.78, 5) is 26.1. The molecule has 0 saturated heterocycles. The van der Waals surface area contributed by atoms with Crippen molar-refractivity contribution in [2.45, 2.75) is 156 Å². The highest BCUT2D eigenvalue weighted by molar-refractivity contribution is 7.16. The zero-order valence-electron chi connectivity index (χ0n) is 34.9. The van der Waals surface area contributed by atoms with Gasteiger partial charge in [-0.1, -0.05) is 82.5 Å². The number of rotatable bonds is 13. The summed E-state index contributed by atoms with van der Waals surface area (Å²) < 4.78 is 8.62. The number of carboxylic acids is 1. The van der Waals surface area contributed by atoms with Gasteiger partial charge in [-0.2, -0.15) is 10.2 Å². The SMILES string of the molecule is CC1(c2cc(CCc3ccc(Cl)s3)[nH]n2)CCCCC1.CCC(C)(C)C(=O)O.COCC(C)(C)C(=O)n1nc(C2(C)CCCCC2)cc1CCc1ccc(Cl)s1. The lowest BCUT2D eigenvalue weighted by Crippen LogP contribution is -2.36. The maximum atomic E-state index is 13.3. The number of ether oxygens (including phenoxy) is 1. The standard InChI is InChI=1S/C22H31ClN2O2S.C16H21ClN2S.C6H12O2/c1-21(2,15-27-4)20(26)25-16(8-9-17-10-11-19(23)28-17)14-18(24-25)22(3)12-6-5-7-13-22;1-16(9-3-2-4-10-16)14-11-12(18-19-14)5-6-13-7-8-15(17)20-13;1-4-6(2,3)5(7)8/h10-11,14H,5-9,12-13,15H2,1-4H3;7-8,11H,2-6,9-10H2,1H3,(H,18,19);4H2,1-3H3,(H,7,8). The van der Waals surface area contributed by atoms with Gasteiger partial charge in [0.2, 0.25) is 0 Å². The minimum atomic E-state index is -0.722. The number of thiophene rings is 2. The fourth-order valence-electron chi connectivity index (χ4n) is 7.39. The number of aromatic nitrogens is 4. The van der Waals surface area contributed by atoms with Crippen molar-refractivity contribution in [3.05, 3.63) is 77.6 Å². The molecule has 2 N–H and O–H groups in total. The average Bonchev–Trinajstić information content (AvgIpc) is 3.99. The summed E-state index contributed by atoms with van der Waals surface area (Å²) in [6, 6.07) is 12.5. The molecule has 2 aliphatic rings. The third-order valence-electron chi connectivity index (χ3n) is 11.8. The van der Waals surface area contributed by atoms with E-state index in [1.54, 1.807) is 48.3 Å². The fourth-order valence-corrected chi connectivity index (χ4v) is 9.56. The molecule has 310 valence electrons. The third kappa shape index (κ3) is 12.7. The first-order chi connectivity index (χ1) is 26.4. The fraction of sp³-hybridized carbons (Fsp3) is 0.636. The van der Waals surface area contributed by atoms with E-state index in [-0.39, 0.29) is 11.3 Å². The van der Waals surface area contributed by atoms with Gasteiger partial charge in [0, 0.05) is 39.1 Å². The number of nitrogens with zero attached hydrogens (tertiary/aromatic N) is 3. The average molecular weight is 848 g/mol. The summed E-state index contributed by atoms with van der Waals surface area (Å²) in [5.74, 6) is -0.723. The second kappa shape index (κ2) is 20.5. The molecule has 6 rings (SSSR count).